The summed E-state index contributed by atoms with van der Waals surface area (Å²) in [7, 11) is 0. The van der Waals surface area contributed by atoms with Crippen molar-refractivity contribution >= 4 is 5.91 Å². The number of aliphatic hydroxyl groups is 1. The molecule has 3 nitrogen and oxygen atoms in total. The Morgan fingerprint density at radius 3 is 2.44 bits per heavy atom. The van der Waals surface area contributed by atoms with Crippen molar-refractivity contribution in [2.75, 3.05) is 19.7 Å². The van der Waals surface area contributed by atoms with E-state index in [1.807, 2.05) is 4.90 Å². The monoisotopic (exact) mass is 227 g/mol. The third-order valence-corrected chi connectivity index (χ3v) is 3.66. The molecule has 0 saturated heterocycles. The Kier molecular flexibility index (Phi) is 5.26. The van der Waals surface area contributed by atoms with Crippen LogP contribution in [0.5, 0.6) is 0 Å². The van der Waals surface area contributed by atoms with Crippen LogP contribution in [0.3, 0.4) is 0 Å². The van der Waals surface area contributed by atoms with Gasteiger partial charge in [-0.15, -0.1) is 0 Å². The molecule has 1 N–H and O–H groups in total. The zero-order chi connectivity index (χ0) is 12.0. The van der Waals surface area contributed by atoms with E-state index in [2.05, 4.69) is 13.8 Å². The zero-order valence-corrected chi connectivity index (χ0v) is 10.7. The Balaban J connectivity index is 2.58. The van der Waals surface area contributed by atoms with Gasteiger partial charge in [0.15, 0.2) is 0 Å². The van der Waals surface area contributed by atoms with Crippen LogP contribution in [-0.2, 0) is 4.79 Å². The van der Waals surface area contributed by atoms with Gasteiger partial charge >= 0.3 is 0 Å². The molecule has 0 aromatic carbocycles. The number of hydrogen-bond donors (Lipinski definition) is 1. The third kappa shape index (κ3) is 3.21. The van der Waals surface area contributed by atoms with E-state index in [1.165, 1.54) is 12.8 Å². The lowest BCUT2D eigenvalue weighted by atomic mass is 9.87. The van der Waals surface area contributed by atoms with E-state index in [0.29, 0.717) is 6.54 Å². The Labute approximate surface area is 98.8 Å². The Bertz CT molecular complexity index is 222. The molecule has 0 aromatic rings. The smallest absolute Gasteiger partial charge is 0.228 e. The molecule has 0 unspecified atom stereocenters. The second-order valence-electron chi connectivity index (χ2n) is 5.14. The predicted molar refractivity (Wildman–Crippen MR) is 65.1 cm³/mol. The number of hydrogen-bond acceptors (Lipinski definition) is 2. The van der Waals surface area contributed by atoms with E-state index in [0.717, 1.165) is 32.2 Å². The summed E-state index contributed by atoms with van der Waals surface area (Å²) in [5.74, 6) is 0.257. The van der Waals surface area contributed by atoms with E-state index in [1.54, 1.807) is 0 Å². The first-order chi connectivity index (χ1) is 7.64. The summed E-state index contributed by atoms with van der Waals surface area (Å²) in [6.45, 7) is 5.57. The van der Waals surface area contributed by atoms with Crippen LogP contribution in [0.25, 0.3) is 0 Å². The highest BCUT2D eigenvalue weighted by molar-refractivity contribution is 5.82. The first-order valence-electron chi connectivity index (χ1n) is 6.54. The van der Waals surface area contributed by atoms with Gasteiger partial charge in [0.2, 0.25) is 5.91 Å². The number of amides is 1. The first-order valence-corrected chi connectivity index (χ1v) is 6.54. The molecule has 0 aliphatic heterocycles. The lowest BCUT2D eigenvalue weighted by molar-refractivity contribution is -0.141. The number of rotatable bonds is 6. The molecule has 0 radical (unpaired) electrons. The zero-order valence-electron chi connectivity index (χ0n) is 10.7. The molecule has 0 atom stereocenters. The fourth-order valence-electron chi connectivity index (χ4n) is 2.54. The minimum Gasteiger partial charge on any atom is -0.395 e. The molecule has 0 aromatic heterocycles. The largest absolute Gasteiger partial charge is 0.395 e. The molecule has 0 heterocycles. The maximum atomic E-state index is 12.4. The second-order valence-corrected chi connectivity index (χ2v) is 5.14. The van der Waals surface area contributed by atoms with Crippen molar-refractivity contribution in [3.05, 3.63) is 0 Å². The lowest BCUT2D eigenvalue weighted by Crippen LogP contribution is -2.43. The standard InChI is InChI=1S/C13H25NO2/c1-3-4-9-14(10-11-15)12(16)13(2)7-5-6-8-13/h15H,3-11H2,1-2H3. The molecule has 1 amide bonds. The van der Waals surface area contributed by atoms with Gasteiger partial charge in [0, 0.05) is 18.5 Å². The molecule has 3 heteroatoms. The van der Waals surface area contributed by atoms with Gasteiger partial charge in [-0.2, -0.15) is 0 Å². The fraction of sp³-hybridized carbons (Fsp3) is 0.923. The highest BCUT2D eigenvalue weighted by Crippen LogP contribution is 2.39. The summed E-state index contributed by atoms with van der Waals surface area (Å²) in [6.07, 6.45) is 6.49. The van der Waals surface area contributed by atoms with E-state index in [4.69, 9.17) is 5.11 Å². The molecule has 1 rings (SSSR count). The van der Waals surface area contributed by atoms with Crippen molar-refractivity contribution < 1.29 is 9.90 Å². The van der Waals surface area contributed by atoms with Crippen molar-refractivity contribution in [1.29, 1.82) is 0 Å². The van der Waals surface area contributed by atoms with Gasteiger partial charge in [-0.3, -0.25) is 4.79 Å². The fourth-order valence-corrected chi connectivity index (χ4v) is 2.54. The summed E-state index contributed by atoms with van der Waals surface area (Å²) in [5, 5.41) is 9.02. The molecule has 94 valence electrons. The van der Waals surface area contributed by atoms with E-state index >= 15 is 0 Å². The highest BCUT2D eigenvalue weighted by Gasteiger charge is 2.38. The van der Waals surface area contributed by atoms with Gasteiger partial charge in [-0.05, 0) is 19.3 Å². The van der Waals surface area contributed by atoms with Gasteiger partial charge in [0.05, 0.1) is 6.61 Å². The van der Waals surface area contributed by atoms with Crippen molar-refractivity contribution in [1.82, 2.24) is 4.90 Å². The molecule has 16 heavy (non-hydrogen) atoms. The van der Waals surface area contributed by atoms with Crippen LogP contribution >= 0.6 is 0 Å². The summed E-state index contributed by atoms with van der Waals surface area (Å²) in [6, 6.07) is 0. The Morgan fingerprint density at radius 2 is 1.94 bits per heavy atom. The van der Waals surface area contributed by atoms with Crippen LogP contribution in [0, 0.1) is 5.41 Å². The molecule has 0 spiro atoms. The van der Waals surface area contributed by atoms with Crippen LogP contribution in [0.15, 0.2) is 0 Å². The van der Waals surface area contributed by atoms with E-state index in [-0.39, 0.29) is 17.9 Å². The second kappa shape index (κ2) is 6.24. The minimum atomic E-state index is -0.150. The highest BCUT2D eigenvalue weighted by atomic mass is 16.3. The summed E-state index contributed by atoms with van der Waals surface area (Å²) in [4.78, 5) is 14.2. The van der Waals surface area contributed by atoms with Crippen LogP contribution in [0.2, 0.25) is 0 Å². The maximum absolute atomic E-state index is 12.4. The molecule has 0 bridgehead atoms. The van der Waals surface area contributed by atoms with Crippen LogP contribution in [0.1, 0.15) is 52.4 Å². The number of carbonyl (C=O) groups excluding carboxylic acids is 1. The normalized spacial score (nSPS) is 18.7. The van der Waals surface area contributed by atoms with Crippen LogP contribution in [0.4, 0.5) is 0 Å². The average molecular weight is 227 g/mol. The first kappa shape index (κ1) is 13.5. The van der Waals surface area contributed by atoms with Gasteiger partial charge in [-0.1, -0.05) is 33.1 Å². The number of carbonyl (C=O) groups is 1. The van der Waals surface area contributed by atoms with Crippen LogP contribution in [-0.4, -0.2) is 35.6 Å². The van der Waals surface area contributed by atoms with Crippen molar-refractivity contribution in [2.24, 2.45) is 5.41 Å². The quantitative estimate of drug-likeness (QED) is 0.755. The van der Waals surface area contributed by atoms with Gasteiger partial charge in [0.1, 0.15) is 0 Å². The van der Waals surface area contributed by atoms with Crippen LogP contribution < -0.4 is 0 Å². The predicted octanol–water partition coefficient (Wildman–Crippen LogP) is 2.19. The SMILES string of the molecule is CCCCN(CCO)C(=O)C1(C)CCCC1. The molecular weight excluding hydrogens is 202 g/mol. The molecule has 1 aliphatic rings. The van der Waals surface area contributed by atoms with Gasteiger partial charge < -0.3 is 10.0 Å². The number of unbranched alkanes of at least 4 members (excludes halogenated alkanes) is 1. The van der Waals surface area contributed by atoms with Crippen molar-refractivity contribution in [2.45, 2.75) is 52.4 Å². The minimum absolute atomic E-state index is 0.0749. The van der Waals surface area contributed by atoms with Gasteiger partial charge in [-0.25, -0.2) is 0 Å². The maximum Gasteiger partial charge on any atom is 0.228 e. The molecular formula is C13H25NO2. The van der Waals surface area contributed by atoms with Crippen molar-refractivity contribution in [3.8, 4) is 0 Å². The molecule has 1 aliphatic carbocycles. The van der Waals surface area contributed by atoms with E-state index in [9.17, 15) is 4.79 Å². The number of nitrogens with zero attached hydrogens (tertiary/aromatic N) is 1. The molecule has 1 fully saturated rings. The van der Waals surface area contributed by atoms with Gasteiger partial charge in [0.25, 0.3) is 0 Å². The topological polar surface area (TPSA) is 40.5 Å². The lowest BCUT2D eigenvalue weighted by Gasteiger charge is -2.31. The van der Waals surface area contributed by atoms with Crippen molar-refractivity contribution in [3.63, 3.8) is 0 Å². The number of aliphatic hydroxyl groups excluding tert-OH is 1. The molecule has 1 saturated carbocycles. The Hall–Kier alpha value is -0.570. The Morgan fingerprint density at radius 1 is 1.31 bits per heavy atom. The third-order valence-electron chi connectivity index (χ3n) is 3.66. The average Bonchev–Trinajstić information content (AvgIpc) is 2.72. The summed E-state index contributed by atoms with van der Waals surface area (Å²) >= 11 is 0. The van der Waals surface area contributed by atoms with E-state index < -0.39 is 0 Å². The summed E-state index contributed by atoms with van der Waals surface area (Å²) in [5.41, 5.74) is -0.150. The summed E-state index contributed by atoms with van der Waals surface area (Å²) < 4.78 is 0.